The number of aromatic nitrogens is 3. The number of carbonyl (C=O) groups is 1. The third kappa shape index (κ3) is 3.24. The van der Waals surface area contributed by atoms with Gasteiger partial charge in [-0.3, -0.25) is 4.79 Å². The lowest BCUT2D eigenvalue weighted by molar-refractivity contribution is 0.0705. The summed E-state index contributed by atoms with van der Waals surface area (Å²) in [6.45, 7) is 8.19. The summed E-state index contributed by atoms with van der Waals surface area (Å²) in [4.78, 5) is 14.6. The van der Waals surface area contributed by atoms with Gasteiger partial charge < -0.3 is 9.47 Å². The second-order valence-electron chi connectivity index (χ2n) is 6.47. The van der Waals surface area contributed by atoms with Crippen molar-refractivity contribution in [1.29, 1.82) is 0 Å². The molecule has 1 amide bonds. The zero-order valence-corrected chi connectivity index (χ0v) is 14.5. The first-order chi connectivity index (χ1) is 11.0. The molecule has 0 spiro atoms. The summed E-state index contributed by atoms with van der Waals surface area (Å²) in [7, 11) is 0. The van der Waals surface area contributed by atoms with Gasteiger partial charge in [0.15, 0.2) is 5.82 Å². The van der Waals surface area contributed by atoms with Gasteiger partial charge in [-0.2, -0.15) is 0 Å². The second kappa shape index (κ2) is 6.32. The van der Waals surface area contributed by atoms with Crippen LogP contribution in [0, 0.1) is 12.8 Å². The Hall–Kier alpha value is -1.88. The first-order valence-corrected chi connectivity index (χ1v) is 8.30. The van der Waals surface area contributed by atoms with E-state index in [2.05, 4.69) is 28.6 Å². The topological polar surface area (TPSA) is 51.0 Å². The smallest absolute Gasteiger partial charge is 0.254 e. The molecular formula is C17H21ClN4O. The van der Waals surface area contributed by atoms with E-state index in [4.69, 9.17) is 11.6 Å². The number of halogens is 1. The average Bonchev–Trinajstić information content (AvgIpc) is 2.88. The van der Waals surface area contributed by atoms with E-state index < -0.39 is 0 Å². The monoisotopic (exact) mass is 332 g/mol. The van der Waals surface area contributed by atoms with Crippen molar-refractivity contribution in [2.45, 2.75) is 40.3 Å². The number of hydrogen-bond donors (Lipinski definition) is 0. The fourth-order valence-electron chi connectivity index (χ4n) is 2.94. The molecule has 0 fully saturated rings. The van der Waals surface area contributed by atoms with Crippen molar-refractivity contribution in [2.24, 2.45) is 5.92 Å². The number of hydrogen-bond acceptors (Lipinski definition) is 3. The van der Waals surface area contributed by atoms with Crippen molar-refractivity contribution in [3.05, 3.63) is 46.0 Å². The van der Waals surface area contributed by atoms with E-state index in [0.29, 0.717) is 29.6 Å². The maximum absolute atomic E-state index is 12.8. The molecule has 0 aliphatic carbocycles. The molecule has 0 N–H and O–H groups in total. The minimum absolute atomic E-state index is 0.0267. The summed E-state index contributed by atoms with van der Waals surface area (Å²) >= 11 is 5.97. The van der Waals surface area contributed by atoms with Crippen molar-refractivity contribution in [3.63, 3.8) is 0 Å². The van der Waals surface area contributed by atoms with Gasteiger partial charge in [-0.1, -0.05) is 25.4 Å². The number of amides is 1. The van der Waals surface area contributed by atoms with Gasteiger partial charge in [0, 0.05) is 30.1 Å². The van der Waals surface area contributed by atoms with Crippen molar-refractivity contribution in [2.75, 3.05) is 6.54 Å². The van der Waals surface area contributed by atoms with Crippen LogP contribution in [0.3, 0.4) is 0 Å². The highest BCUT2D eigenvalue weighted by Gasteiger charge is 2.26. The molecule has 1 aliphatic rings. The molecule has 1 aliphatic heterocycles. The molecule has 0 atom stereocenters. The Bertz CT molecular complexity index is 738. The van der Waals surface area contributed by atoms with Crippen LogP contribution >= 0.6 is 11.6 Å². The number of rotatable bonds is 3. The normalized spacial score (nSPS) is 14.2. The summed E-state index contributed by atoms with van der Waals surface area (Å²) in [6, 6.07) is 5.38. The Morgan fingerprint density at radius 1 is 1.30 bits per heavy atom. The van der Waals surface area contributed by atoms with Crippen molar-refractivity contribution < 1.29 is 4.79 Å². The Balaban J connectivity index is 1.79. The molecule has 1 aromatic carbocycles. The lowest BCUT2D eigenvalue weighted by atomic mass is 10.1. The van der Waals surface area contributed by atoms with Crippen molar-refractivity contribution in [1.82, 2.24) is 19.7 Å². The van der Waals surface area contributed by atoms with Crippen LogP contribution < -0.4 is 0 Å². The van der Waals surface area contributed by atoms with E-state index in [1.54, 1.807) is 12.1 Å². The lowest BCUT2D eigenvalue weighted by Crippen LogP contribution is -2.39. The van der Waals surface area contributed by atoms with E-state index >= 15 is 0 Å². The molecule has 1 aromatic heterocycles. The fraction of sp³-hybridized carbons (Fsp3) is 0.471. The van der Waals surface area contributed by atoms with Crippen LogP contribution in [-0.2, 0) is 19.5 Å². The number of carbonyl (C=O) groups excluding carboxylic acids is 1. The molecule has 122 valence electrons. The van der Waals surface area contributed by atoms with E-state index in [-0.39, 0.29) is 5.91 Å². The van der Waals surface area contributed by atoms with E-state index in [1.807, 2.05) is 17.9 Å². The van der Waals surface area contributed by atoms with Crippen LogP contribution in [0.2, 0.25) is 5.02 Å². The predicted octanol–water partition coefficient (Wildman–Crippen LogP) is 3.09. The average molecular weight is 333 g/mol. The van der Waals surface area contributed by atoms with E-state index in [1.165, 1.54) is 0 Å². The van der Waals surface area contributed by atoms with Gasteiger partial charge in [0.1, 0.15) is 5.82 Å². The molecule has 0 saturated heterocycles. The van der Waals surface area contributed by atoms with E-state index in [9.17, 15) is 4.79 Å². The van der Waals surface area contributed by atoms with Gasteiger partial charge in [-0.15, -0.1) is 10.2 Å². The summed E-state index contributed by atoms with van der Waals surface area (Å²) in [6.07, 6.45) is 0.914. The zero-order chi connectivity index (χ0) is 16.6. The third-order valence-electron chi connectivity index (χ3n) is 4.13. The summed E-state index contributed by atoms with van der Waals surface area (Å²) in [5.41, 5.74) is 1.60. The van der Waals surface area contributed by atoms with Gasteiger partial charge in [0.05, 0.1) is 6.54 Å². The van der Waals surface area contributed by atoms with Crippen LogP contribution in [-0.4, -0.2) is 32.1 Å². The minimum atomic E-state index is 0.0267. The standard InChI is InChI=1S/C17H21ClN4O/c1-11(2)8-15-19-20-16-10-21(6-7-22(15)16)17(23)14-5-4-13(18)9-12(14)3/h4-5,9,11H,6-8,10H2,1-3H3. The molecule has 2 aromatic rings. The minimum Gasteiger partial charge on any atom is -0.329 e. The first kappa shape index (κ1) is 16.0. The molecule has 0 saturated carbocycles. The van der Waals surface area contributed by atoms with Crippen molar-refractivity contribution in [3.8, 4) is 0 Å². The molecule has 3 rings (SSSR count). The highest BCUT2D eigenvalue weighted by Crippen LogP contribution is 2.20. The molecule has 23 heavy (non-hydrogen) atoms. The third-order valence-corrected chi connectivity index (χ3v) is 4.36. The maximum Gasteiger partial charge on any atom is 0.254 e. The summed E-state index contributed by atoms with van der Waals surface area (Å²) in [5, 5.41) is 9.21. The Labute approximate surface area is 141 Å². The SMILES string of the molecule is Cc1cc(Cl)ccc1C(=O)N1CCn2c(CC(C)C)nnc2C1. The number of fused-ring (bicyclic) bond motifs is 1. The highest BCUT2D eigenvalue weighted by atomic mass is 35.5. The van der Waals surface area contributed by atoms with Gasteiger partial charge in [-0.05, 0) is 36.6 Å². The Morgan fingerprint density at radius 3 is 2.78 bits per heavy atom. The van der Waals surface area contributed by atoms with Crippen LogP contribution in [0.15, 0.2) is 18.2 Å². The number of nitrogens with zero attached hydrogens (tertiary/aromatic N) is 4. The largest absolute Gasteiger partial charge is 0.329 e. The summed E-state index contributed by atoms with van der Waals surface area (Å²) in [5.74, 6) is 2.45. The maximum atomic E-state index is 12.8. The molecule has 5 nitrogen and oxygen atoms in total. The van der Waals surface area contributed by atoms with Crippen LogP contribution in [0.4, 0.5) is 0 Å². The molecule has 0 radical (unpaired) electrons. The second-order valence-corrected chi connectivity index (χ2v) is 6.90. The highest BCUT2D eigenvalue weighted by molar-refractivity contribution is 6.30. The van der Waals surface area contributed by atoms with Crippen molar-refractivity contribution >= 4 is 17.5 Å². The Kier molecular flexibility index (Phi) is 4.39. The van der Waals surface area contributed by atoms with Crippen LogP contribution in [0.25, 0.3) is 0 Å². The molecule has 0 bridgehead atoms. The quantitative estimate of drug-likeness (QED) is 0.867. The van der Waals surface area contributed by atoms with Crippen LogP contribution in [0.1, 0.15) is 41.4 Å². The lowest BCUT2D eigenvalue weighted by Gasteiger charge is -2.28. The van der Waals surface area contributed by atoms with Gasteiger partial charge >= 0.3 is 0 Å². The van der Waals surface area contributed by atoms with Crippen LogP contribution in [0.5, 0.6) is 0 Å². The molecule has 6 heteroatoms. The molecular weight excluding hydrogens is 312 g/mol. The van der Waals surface area contributed by atoms with Gasteiger partial charge in [0.2, 0.25) is 0 Å². The molecule has 0 unspecified atom stereocenters. The van der Waals surface area contributed by atoms with Gasteiger partial charge in [0.25, 0.3) is 5.91 Å². The first-order valence-electron chi connectivity index (χ1n) is 7.92. The number of benzene rings is 1. The van der Waals surface area contributed by atoms with E-state index in [0.717, 1.165) is 30.2 Å². The number of aryl methyl sites for hydroxylation is 1. The Morgan fingerprint density at radius 2 is 2.09 bits per heavy atom. The van der Waals surface area contributed by atoms with Gasteiger partial charge in [-0.25, -0.2) is 0 Å². The molecule has 2 heterocycles. The summed E-state index contributed by atoms with van der Waals surface area (Å²) < 4.78 is 2.15. The fourth-order valence-corrected chi connectivity index (χ4v) is 3.17. The predicted molar refractivity (Wildman–Crippen MR) is 89.5 cm³/mol. The zero-order valence-electron chi connectivity index (χ0n) is 13.7.